The summed E-state index contributed by atoms with van der Waals surface area (Å²) in [5.41, 5.74) is 0.478. The van der Waals surface area contributed by atoms with Crippen molar-refractivity contribution in [2.45, 2.75) is 59.6 Å². The number of benzene rings is 1. The van der Waals surface area contributed by atoms with Gasteiger partial charge in [-0.1, -0.05) is 20.3 Å². The van der Waals surface area contributed by atoms with E-state index in [2.05, 4.69) is 24.5 Å². The first kappa shape index (κ1) is 18.3. The molecule has 0 aliphatic rings. The molecular weight excluding hydrogens is 283 g/mol. The Bertz CT molecular complexity index is 512. The minimum Gasteiger partial charge on any atom is -0.444 e. The number of anilines is 2. The van der Waals surface area contributed by atoms with E-state index in [4.69, 9.17) is 4.74 Å². The van der Waals surface area contributed by atoms with Crippen LogP contribution in [-0.2, 0) is 4.74 Å². The van der Waals surface area contributed by atoms with Crippen LogP contribution in [0.3, 0.4) is 0 Å². The van der Waals surface area contributed by atoms with Crippen LogP contribution < -0.4 is 10.6 Å². The third-order valence-electron chi connectivity index (χ3n) is 3.50. The summed E-state index contributed by atoms with van der Waals surface area (Å²) in [4.78, 5) is 11.9. The fourth-order valence-electron chi connectivity index (χ4n) is 1.90. The lowest BCUT2D eigenvalue weighted by Crippen LogP contribution is -2.28. The van der Waals surface area contributed by atoms with Crippen LogP contribution in [-0.4, -0.2) is 17.7 Å². The van der Waals surface area contributed by atoms with E-state index < -0.39 is 11.7 Å². The molecule has 2 atom stereocenters. The summed E-state index contributed by atoms with van der Waals surface area (Å²) in [6.07, 6.45) is 0.455. The SMILES string of the molecule is CCC(C)C(C)Nc1cc(F)ccc1NC(=O)OC(C)(C)C. The monoisotopic (exact) mass is 310 g/mol. The van der Waals surface area contributed by atoms with E-state index in [1.807, 2.05) is 6.92 Å². The molecule has 0 radical (unpaired) electrons. The Morgan fingerprint density at radius 2 is 1.91 bits per heavy atom. The van der Waals surface area contributed by atoms with Crippen molar-refractivity contribution in [1.82, 2.24) is 0 Å². The molecule has 0 aromatic heterocycles. The van der Waals surface area contributed by atoms with Gasteiger partial charge in [0, 0.05) is 6.04 Å². The van der Waals surface area contributed by atoms with Gasteiger partial charge < -0.3 is 10.1 Å². The molecular formula is C17H27FN2O2. The van der Waals surface area contributed by atoms with Crippen molar-refractivity contribution >= 4 is 17.5 Å². The Labute approximate surface area is 132 Å². The van der Waals surface area contributed by atoms with Crippen molar-refractivity contribution in [1.29, 1.82) is 0 Å². The van der Waals surface area contributed by atoms with Crippen LogP contribution in [0, 0.1) is 11.7 Å². The van der Waals surface area contributed by atoms with Crippen molar-refractivity contribution < 1.29 is 13.9 Å². The lowest BCUT2D eigenvalue weighted by Gasteiger charge is -2.24. The maximum absolute atomic E-state index is 13.5. The van der Waals surface area contributed by atoms with Gasteiger partial charge in [-0.05, 0) is 51.8 Å². The molecule has 22 heavy (non-hydrogen) atoms. The lowest BCUT2D eigenvalue weighted by molar-refractivity contribution is 0.0636. The third-order valence-corrected chi connectivity index (χ3v) is 3.50. The standard InChI is InChI=1S/C17H27FN2O2/c1-7-11(2)12(3)19-15-10-13(18)8-9-14(15)20-16(21)22-17(4,5)6/h8-12,19H,7H2,1-6H3,(H,20,21). The molecule has 2 unspecified atom stereocenters. The molecule has 0 spiro atoms. The highest BCUT2D eigenvalue weighted by molar-refractivity contribution is 5.89. The van der Waals surface area contributed by atoms with Crippen LogP contribution in [0.15, 0.2) is 18.2 Å². The van der Waals surface area contributed by atoms with Gasteiger partial charge in [-0.2, -0.15) is 0 Å². The van der Waals surface area contributed by atoms with Crippen LogP contribution in [0.1, 0.15) is 48.0 Å². The molecule has 0 bridgehead atoms. The van der Waals surface area contributed by atoms with E-state index in [1.54, 1.807) is 20.8 Å². The molecule has 1 amide bonds. The van der Waals surface area contributed by atoms with Crippen molar-refractivity contribution in [3.8, 4) is 0 Å². The van der Waals surface area contributed by atoms with E-state index in [1.165, 1.54) is 18.2 Å². The molecule has 2 N–H and O–H groups in total. The minimum absolute atomic E-state index is 0.158. The van der Waals surface area contributed by atoms with Gasteiger partial charge in [-0.25, -0.2) is 9.18 Å². The molecule has 124 valence electrons. The first-order valence-electron chi connectivity index (χ1n) is 7.68. The number of halogens is 1. The molecule has 1 aromatic carbocycles. The van der Waals surface area contributed by atoms with Gasteiger partial charge in [0.15, 0.2) is 0 Å². The lowest BCUT2D eigenvalue weighted by atomic mass is 10.0. The predicted molar refractivity (Wildman–Crippen MR) is 88.8 cm³/mol. The molecule has 0 saturated carbocycles. The molecule has 0 aliphatic carbocycles. The van der Waals surface area contributed by atoms with Crippen molar-refractivity contribution in [3.05, 3.63) is 24.0 Å². The topological polar surface area (TPSA) is 50.4 Å². The van der Waals surface area contributed by atoms with Crippen molar-refractivity contribution in [2.75, 3.05) is 10.6 Å². The number of rotatable bonds is 5. The first-order valence-corrected chi connectivity index (χ1v) is 7.68. The second kappa shape index (κ2) is 7.47. The second-order valence-corrected chi connectivity index (χ2v) is 6.64. The Morgan fingerprint density at radius 1 is 1.27 bits per heavy atom. The number of amides is 1. The van der Waals surface area contributed by atoms with Gasteiger partial charge in [-0.3, -0.25) is 5.32 Å². The van der Waals surface area contributed by atoms with Gasteiger partial charge >= 0.3 is 6.09 Å². The summed E-state index contributed by atoms with van der Waals surface area (Å²) in [6, 6.07) is 4.38. The third kappa shape index (κ3) is 5.92. The van der Waals surface area contributed by atoms with Crippen molar-refractivity contribution in [3.63, 3.8) is 0 Å². The number of hydrogen-bond donors (Lipinski definition) is 2. The van der Waals surface area contributed by atoms with Crippen LogP contribution in [0.5, 0.6) is 0 Å². The highest BCUT2D eigenvalue weighted by atomic mass is 19.1. The van der Waals surface area contributed by atoms with Crippen molar-refractivity contribution in [2.24, 2.45) is 5.92 Å². The second-order valence-electron chi connectivity index (χ2n) is 6.64. The summed E-state index contributed by atoms with van der Waals surface area (Å²) in [7, 11) is 0. The van der Waals surface area contributed by atoms with E-state index in [0.717, 1.165) is 6.42 Å². The summed E-state index contributed by atoms with van der Waals surface area (Å²) >= 11 is 0. The molecule has 1 aromatic rings. The summed E-state index contributed by atoms with van der Waals surface area (Å²) in [5, 5.41) is 5.93. The summed E-state index contributed by atoms with van der Waals surface area (Å²) in [6.45, 7) is 11.6. The average Bonchev–Trinajstić information content (AvgIpc) is 2.38. The van der Waals surface area contributed by atoms with Crippen LogP contribution in [0.25, 0.3) is 0 Å². The number of hydrogen-bond acceptors (Lipinski definition) is 3. The van der Waals surface area contributed by atoms with E-state index >= 15 is 0 Å². The Kier molecular flexibility index (Phi) is 6.21. The normalized spacial score (nSPS) is 14.1. The zero-order valence-electron chi connectivity index (χ0n) is 14.3. The maximum atomic E-state index is 13.5. The van der Waals surface area contributed by atoms with Gasteiger partial charge in [0.2, 0.25) is 0 Å². The zero-order valence-corrected chi connectivity index (χ0v) is 14.3. The number of ether oxygens (including phenoxy) is 1. The minimum atomic E-state index is -0.582. The molecule has 0 fully saturated rings. The van der Waals surface area contributed by atoms with Gasteiger partial charge in [0.1, 0.15) is 11.4 Å². The Balaban J connectivity index is 2.89. The quantitative estimate of drug-likeness (QED) is 0.803. The molecule has 0 heterocycles. The predicted octanol–water partition coefficient (Wildman–Crippen LogP) is 5.02. The summed E-state index contributed by atoms with van der Waals surface area (Å²) in [5.74, 6) is 0.0752. The van der Waals surface area contributed by atoms with Gasteiger partial charge in [0.05, 0.1) is 11.4 Å². The average molecular weight is 310 g/mol. The molecule has 0 aliphatic heterocycles. The number of carbonyl (C=O) groups is 1. The largest absolute Gasteiger partial charge is 0.444 e. The van der Waals surface area contributed by atoms with Crippen LogP contribution >= 0.6 is 0 Å². The first-order chi connectivity index (χ1) is 10.1. The van der Waals surface area contributed by atoms with Gasteiger partial charge in [0.25, 0.3) is 0 Å². The maximum Gasteiger partial charge on any atom is 0.412 e. The zero-order chi connectivity index (χ0) is 16.9. The molecule has 0 saturated heterocycles. The fraction of sp³-hybridized carbons (Fsp3) is 0.588. The number of carbonyl (C=O) groups excluding carboxylic acids is 1. The molecule has 5 heteroatoms. The highest BCUT2D eigenvalue weighted by Crippen LogP contribution is 2.26. The summed E-state index contributed by atoms with van der Waals surface area (Å²) < 4.78 is 18.7. The smallest absolute Gasteiger partial charge is 0.412 e. The molecule has 4 nitrogen and oxygen atoms in total. The van der Waals surface area contributed by atoms with E-state index in [0.29, 0.717) is 17.3 Å². The van der Waals surface area contributed by atoms with Gasteiger partial charge in [-0.15, -0.1) is 0 Å². The number of nitrogens with one attached hydrogen (secondary N) is 2. The Morgan fingerprint density at radius 3 is 2.45 bits per heavy atom. The fourth-order valence-corrected chi connectivity index (χ4v) is 1.90. The van der Waals surface area contributed by atoms with E-state index in [-0.39, 0.29) is 11.9 Å². The Hall–Kier alpha value is -1.78. The molecule has 1 rings (SSSR count). The van der Waals surface area contributed by atoms with Crippen LogP contribution in [0.4, 0.5) is 20.6 Å². The van der Waals surface area contributed by atoms with Crippen LogP contribution in [0.2, 0.25) is 0 Å². The highest BCUT2D eigenvalue weighted by Gasteiger charge is 2.18. The van der Waals surface area contributed by atoms with E-state index in [9.17, 15) is 9.18 Å².